The fourth-order valence-corrected chi connectivity index (χ4v) is 2.60. The summed E-state index contributed by atoms with van der Waals surface area (Å²) in [5.41, 5.74) is 7.63. The first-order chi connectivity index (χ1) is 11.8. The van der Waals surface area contributed by atoms with Gasteiger partial charge in [0, 0.05) is 13.3 Å². The molecule has 25 heavy (non-hydrogen) atoms. The number of amides is 1. The van der Waals surface area contributed by atoms with Crippen molar-refractivity contribution in [1.82, 2.24) is 14.7 Å². The molecule has 2 heterocycles. The molecule has 3 rings (SSSR count). The number of carbonyl (C=O) groups excluding carboxylic acids is 1. The number of nitrogens with two attached hydrogens (primary N) is 1. The molecule has 0 spiro atoms. The fourth-order valence-electron chi connectivity index (χ4n) is 2.60. The van der Waals surface area contributed by atoms with E-state index in [2.05, 4.69) is 15.1 Å². The van der Waals surface area contributed by atoms with E-state index in [1.54, 1.807) is 15.9 Å². The highest BCUT2D eigenvalue weighted by molar-refractivity contribution is 6.02. The van der Waals surface area contributed by atoms with E-state index in [0.717, 1.165) is 5.56 Å². The third-order valence-electron chi connectivity index (χ3n) is 3.96. The van der Waals surface area contributed by atoms with Gasteiger partial charge in [0.25, 0.3) is 5.91 Å². The predicted octanol–water partition coefficient (Wildman–Crippen LogP) is 2.46. The molecule has 0 saturated heterocycles. The zero-order valence-electron chi connectivity index (χ0n) is 14.8. The first kappa shape index (κ1) is 17.0. The van der Waals surface area contributed by atoms with Gasteiger partial charge in [-0.05, 0) is 26.3 Å². The minimum Gasteiger partial charge on any atom is -0.346 e. The van der Waals surface area contributed by atoms with Crippen molar-refractivity contribution in [3.63, 3.8) is 0 Å². The van der Waals surface area contributed by atoms with Gasteiger partial charge in [-0.2, -0.15) is 5.10 Å². The summed E-state index contributed by atoms with van der Waals surface area (Å²) in [5, 5.41) is 4.49. The number of hydrogen-bond acceptors (Lipinski definition) is 5. The van der Waals surface area contributed by atoms with Crippen LogP contribution in [0.1, 0.15) is 48.6 Å². The Hall–Kier alpha value is -2.80. The van der Waals surface area contributed by atoms with E-state index in [4.69, 9.17) is 5.73 Å². The maximum atomic E-state index is 12.7. The standard InChI is InChI=1S/C18H22N6O/c1-18(2,3)24-16-13(15(19)23(4)11-21-16)14(22-24)17(25)20-10-12-8-6-5-7-9-12/h5-11,15H,19H2,1-4H3. The highest BCUT2D eigenvalue weighted by Gasteiger charge is 2.33. The molecular formula is C18H22N6O. The molecular weight excluding hydrogens is 316 g/mol. The van der Waals surface area contributed by atoms with Gasteiger partial charge in [0.2, 0.25) is 0 Å². The Kier molecular flexibility index (Phi) is 4.26. The molecule has 1 aromatic carbocycles. The summed E-state index contributed by atoms with van der Waals surface area (Å²) in [6, 6.07) is 9.45. The molecule has 0 fully saturated rings. The third-order valence-corrected chi connectivity index (χ3v) is 3.96. The van der Waals surface area contributed by atoms with Gasteiger partial charge in [-0.1, -0.05) is 30.3 Å². The lowest BCUT2D eigenvalue weighted by Gasteiger charge is -2.27. The molecule has 7 heteroatoms. The average Bonchev–Trinajstić information content (AvgIpc) is 2.97. The molecule has 0 bridgehead atoms. The number of rotatable bonds is 2. The molecule has 130 valence electrons. The summed E-state index contributed by atoms with van der Waals surface area (Å²) >= 11 is 0. The molecule has 0 aliphatic carbocycles. The maximum Gasteiger partial charge on any atom is 0.297 e. The lowest BCUT2D eigenvalue weighted by molar-refractivity contribution is 0.0995. The lowest BCUT2D eigenvalue weighted by Crippen LogP contribution is -2.33. The van der Waals surface area contributed by atoms with Crippen LogP contribution in [-0.2, 0) is 5.54 Å². The second kappa shape index (κ2) is 6.25. The lowest BCUT2D eigenvalue weighted by atomic mass is 10.1. The smallest absolute Gasteiger partial charge is 0.297 e. The highest BCUT2D eigenvalue weighted by Crippen LogP contribution is 2.36. The first-order valence-corrected chi connectivity index (χ1v) is 8.07. The van der Waals surface area contributed by atoms with Gasteiger partial charge in [-0.3, -0.25) is 4.79 Å². The molecule has 1 amide bonds. The van der Waals surface area contributed by atoms with Crippen molar-refractivity contribution in [1.29, 1.82) is 0 Å². The summed E-state index contributed by atoms with van der Waals surface area (Å²) in [4.78, 5) is 22.9. The van der Waals surface area contributed by atoms with Crippen LogP contribution in [0, 0.1) is 0 Å². The molecule has 2 aromatic rings. The number of benzene rings is 1. The van der Waals surface area contributed by atoms with Crippen molar-refractivity contribution in [3.8, 4) is 0 Å². The van der Waals surface area contributed by atoms with Gasteiger partial charge in [0.1, 0.15) is 6.17 Å². The van der Waals surface area contributed by atoms with Crippen LogP contribution in [0.3, 0.4) is 0 Å². The van der Waals surface area contributed by atoms with Crippen molar-refractivity contribution >= 4 is 24.3 Å². The zero-order chi connectivity index (χ0) is 18.2. The second-order valence-electron chi connectivity index (χ2n) is 7.00. The van der Waals surface area contributed by atoms with Crippen LogP contribution in [0.5, 0.6) is 0 Å². The molecule has 1 atom stereocenters. The van der Waals surface area contributed by atoms with Crippen molar-refractivity contribution < 1.29 is 4.79 Å². The summed E-state index contributed by atoms with van der Waals surface area (Å²) in [6.45, 7) is 6.00. The molecule has 7 nitrogen and oxygen atoms in total. The van der Waals surface area contributed by atoms with Gasteiger partial charge in [-0.25, -0.2) is 14.7 Å². The Balaban J connectivity index is 2.04. The van der Waals surface area contributed by atoms with Crippen LogP contribution >= 0.6 is 0 Å². The largest absolute Gasteiger partial charge is 0.346 e. The van der Waals surface area contributed by atoms with Crippen LogP contribution in [0.15, 0.2) is 40.3 Å². The number of hydrogen-bond donors (Lipinski definition) is 1. The number of nitrogens with zero attached hydrogens (tertiary/aromatic N) is 5. The van der Waals surface area contributed by atoms with Crippen molar-refractivity contribution in [2.75, 3.05) is 7.05 Å². The Morgan fingerprint density at radius 1 is 1.28 bits per heavy atom. The molecule has 0 radical (unpaired) electrons. The quantitative estimate of drug-likeness (QED) is 0.852. The van der Waals surface area contributed by atoms with Crippen LogP contribution in [0.25, 0.3) is 0 Å². The summed E-state index contributed by atoms with van der Waals surface area (Å²) in [6.07, 6.45) is 2.69. The van der Waals surface area contributed by atoms with E-state index in [1.807, 2.05) is 58.2 Å². The zero-order valence-corrected chi connectivity index (χ0v) is 14.8. The maximum absolute atomic E-state index is 12.7. The van der Waals surface area contributed by atoms with Crippen LogP contribution < -0.4 is 5.73 Å². The monoisotopic (exact) mass is 338 g/mol. The highest BCUT2D eigenvalue weighted by atomic mass is 16.1. The predicted molar refractivity (Wildman–Crippen MR) is 98.4 cm³/mol. The SMILES string of the molecule is CN1C=Nc2c(c(C(=O)N=Cc3ccccc3)nn2C(C)(C)C)C1N. The minimum atomic E-state index is -0.491. The average molecular weight is 338 g/mol. The van der Waals surface area contributed by atoms with Gasteiger partial charge < -0.3 is 10.6 Å². The molecule has 2 N–H and O–H groups in total. The number of carbonyl (C=O) groups is 1. The van der Waals surface area contributed by atoms with Crippen molar-refractivity contribution in [3.05, 3.63) is 47.2 Å². The van der Waals surface area contributed by atoms with E-state index >= 15 is 0 Å². The molecule has 1 aliphatic rings. The van der Waals surface area contributed by atoms with Gasteiger partial charge in [0.05, 0.1) is 17.4 Å². The van der Waals surface area contributed by atoms with Gasteiger partial charge >= 0.3 is 0 Å². The van der Waals surface area contributed by atoms with E-state index in [0.29, 0.717) is 11.4 Å². The fraction of sp³-hybridized carbons (Fsp3) is 0.333. The van der Waals surface area contributed by atoms with E-state index in [-0.39, 0.29) is 11.2 Å². The van der Waals surface area contributed by atoms with E-state index in [9.17, 15) is 4.79 Å². The van der Waals surface area contributed by atoms with Gasteiger partial charge in [0.15, 0.2) is 11.5 Å². The summed E-state index contributed by atoms with van der Waals surface area (Å²) < 4.78 is 1.73. The van der Waals surface area contributed by atoms with Gasteiger partial charge in [-0.15, -0.1) is 0 Å². The van der Waals surface area contributed by atoms with E-state index < -0.39 is 12.1 Å². The Morgan fingerprint density at radius 2 is 1.96 bits per heavy atom. The molecule has 1 aliphatic heterocycles. The molecule has 0 saturated carbocycles. The Bertz CT molecular complexity index is 844. The van der Waals surface area contributed by atoms with Crippen molar-refractivity contribution in [2.45, 2.75) is 32.5 Å². The Labute approximate surface area is 146 Å². The summed E-state index contributed by atoms with van der Waals surface area (Å²) in [5.74, 6) is 0.181. The second-order valence-corrected chi connectivity index (χ2v) is 7.00. The topological polar surface area (TPSA) is 88.9 Å². The van der Waals surface area contributed by atoms with E-state index in [1.165, 1.54) is 6.21 Å². The minimum absolute atomic E-state index is 0.244. The first-order valence-electron chi connectivity index (χ1n) is 8.07. The summed E-state index contributed by atoms with van der Waals surface area (Å²) in [7, 11) is 1.81. The van der Waals surface area contributed by atoms with Crippen LogP contribution in [-0.4, -0.2) is 40.2 Å². The third kappa shape index (κ3) is 3.23. The normalized spacial score (nSPS) is 17.2. The number of aliphatic imine (C=N–C) groups is 2. The number of aromatic nitrogens is 2. The number of fused-ring (bicyclic) bond motifs is 1. The van der Waals surface area contributed by atoms with Crippen LogP contribution in [0.2, 0.25) is 0 Å². The Morgan fingerprint density at radius 3 is 2.60 bits per heavy atom. The van der Waals surface area contributed by atoms with Crippen molar-refractivity contribution in [2.24, 2.45) is 15.7 Å². The van der Waals surface area contributed by atoms with Crippen LogP contribution in [0.4, 0.5) is 5.82 Å². The molecule has 1 unspecified atom stereocenters. The molecule has 1 aromatic heterocycles.